The van der Waals surface area contributed by atoms with Crippen LogP contribution < -0.4 is 5.32 Å². The first kappa shape index (κ1) is 11.7. The van der Waals surface area contributed by atoms with E-state index in [9.17, 15) is 4.79 Å². The molecule has 0 unspecified atom stereocenters. The number of carbonyl (C=O) groups excluding carboxylic acids is 1. The van der Waals surface area contributed by atoms with Crippen LogP contribution in [0, 0.1) is 5.92 Å². The van der Waals surface area contributed by atoms with E-state index in [1.54, 1.807) is 0 Å². The molecule has 0 aromatic heterocycles. The van der Waals surface area contributed by atoms with E-state index >= 15 is 0 Å². The van der Waals surface area contributed by atoms with Crippen LogP contribution in [0.2, 0.25) is 0 Å². The van der Waals surface area contributed by atoms with Crippen LogP contribution in [-0.2, 0) is 4.79 Å². The molecule has 0 amide bonds. The highest BCUT2D eigenvalue weighted by Gasteiger charge is 2.17. The summed E-state index contributed by atoms with van der Waals surface area (Å²) >= 11 is 0. The van der Waals surface area contributed by atoms with Crippen LogP contribution in [0.15, 0.2) is 0 Å². The lowest BCUT2D eigenvalue weighted by atomic mass is 10.00. The summed E-state index contributed by atoms with van der Waals surface area (Å²) in [5, 5.41) is 3.28. The first-order chi connectivity index (χ1) is 6.68. The lowest BCUT2D eigenvalue weighted by Crippen LogP contribution is -2.25. The molecule has 1 saturated carbocycles. The molecule has 82 valence electrons. The van der Waals surface area contributed by atoms with E-state index in [2.05, 4.69) is 19.2 Å². The molecule has 2 nitrogen and oxygen atoms in total. The Bertz CT molecular complexity index is 171. The monoisotopic (exact) mass is 197 g/mol. The highest BCUT2D eigenvalue weighted by Crippen LogP contribution is 2.27. The molecular formula is C12H23NO. The standard InChI is InChI=1S/C12H23NO/c1-10(2)13-8-7-12(14)9-11-5-3-4-6-11/h10-11,13H,3-9H2,1-2H3. The number of Topliss-reactive ketones (excluding diaryl/α,β-unsaturated/α-hetero) is 1. The van der Waals surface area contributed by atoms with E-state index in [-0.39, 0.29) is 0 Å². The normalized spacial score (nSPS) is 17.9. The second kappa shape index (κ2) is 6.18. The highest BCUT2D eigenvalue weighted by atomic mass is 16.1. The number of hydrogen-bond donors (Lipinski definition) is 1. The van der Waals surface area contributed by atoms with Crippen LogP contribution in [0.25, 0.3) is 0 Å². The van der Waals surface area contributed by atoms with Crippen molar-refractivity contribution in [2.24, 2.45) is 5.92 Å². The zero-order valence-corrected chi connectivity index (χ0v) is 9.51. The summed E-state index contributed by atoms with van der Waals surface area (Å²) in [4.78, 5) is 11.5. The molecule has 0 bridgehead atoms. The van der Waals surface area contributed by atoms with Gasteiger partial charge in [-0.3, -0.25) is 4.79 Å². The summed E-state index contributed by atoms with van der Waals surface area (Å²) in [7, 11) is 0. The number of nitrogens with one attached hydrogen (secondary N) is 1. The molecule has 0 radical (unpaired) electrons. The van der Waals surface area contributed by atoms with Crippen LogP contribution in [0.3, 0.4) is 0 Å². The van der Waals surface area contributed by atoms with Gasteiger partial charge in [0, 0.05) is 25.4 Å². The molecule has 2 heteroatoms. The SMILES string of the molecule is CC(C)NCCC(=O)CC1CCCC1. The Morgan fingerprint density at radius 1 is 1.36 bits per heavy atom. The van der Waals surface area contributed by atoms with Gasteiger partial charge in [-0.15, -0.1) is 0 Å². The van der Waals surface area contributed by atoms with E-state index in [1.807, 2.05) is 0 Å². The molecule has 0 atom stereocenters. The van der Waals surface area contributed by atoms with Gasteiger partial charge in [-0.05, 0) is 5.92 Å². The smallest absolute Gasteiger partial charge is 0.134 e. The molecule has 1 N–H and O–H groups in total. The van der Waals surface area contributed by atoms with Crippen LogP contribution in [0.4, 0.5) is 0 Å². The van der Waals surface area contributed by atoms with Crippen molar-refractivity contribution in [1.29, 1.82) is 0 Å². The topological polar surface area (TPSA) is 29.1 Å². The number of hydrogen-bond acceptors (Lipinski definition) is 2. The van der Waals surface area contributed by atoms with Crippen molar-refractivity contribution in [2.45, 2.75) is 58.4 Å². The molecule has 0 aliphatic heterocycles. The molecule has 0 heterocycles. The van der Waals surface area contributed by atoms with E-state index in [1.165, 1.54) is 25.7 Å². The van der Waals surface area contributed by atoms with Gasteiger partial charge < -0.3 is 5.32 Å². The Morgan fingerprint density at radius 3 is 2.57 bits per heavy atom. The highest BCUT2D eigenvalue weighted by molar-refractivity contribution is 5.78. The molecule has 0 aromatic rings. The molecule has 1 rings (SSSR count). The van der Waals surface area contributed by atoms with Crippen molar-refractivity contribution >= 4 is 5.78 Å². The number of carbonyl (C=O) groups is 1. The third kappa shape index (κ3) is 4.75. The summed E-state index contributed by atoms with van der Waals surface area (Å²) < 4.78 is 0. The Kier molecular flexibility index (Phi) is 5.16. The minimum Gasteiger partial charge on any atom is -0.314 e. The van der Waals surface area contributed by atoms with Gasteiger partial charge >= 0.3 is 0 Å². The number of ketones is 1. The summed E-state index contributed by atoms with van der Waals surface area (Å²) in [5.74, 6) is 1.16. The average molecular weight is 197 g/mol. The molecule has 0 aromatic carbocycles. The third-order valence-electron chi connectivity index (χ3n) is 2.95. The maximum absolute atomic E-state index is 11.5. The van der Waals surface area contributed by atoms with Crippen molar-refractivity contribution in [1.82, 2.24) is 5.32 Å². The van der Waals surface area contributed by atoms with Gasteiger partial charge in [0.1, 0.15) is 5.78 Å². The number of rotatable bonds is 6. The largest absolute Gasteiger partial charge is 0.314 e. The Balaban J connectivity index is 2.03. The Hall–Kier alpha value is -0.370. The molecular weight excluding hydrogens is 174 g/mol. The van der Waals surface area contributed by atoms with Crippen LogP contribution in [0.1, 0.15) is 52.4 Å². The van der Waals surface area contributed by atoms with E-state index in [0.717, 1.165) is 13.0 Å². The van der Waals surface area contributed by atoms with Crippen LogP contribution in [0.5, 0.6) is 0 Å². The zero-order chi connectivity index (χ0) is 10.4. The van der Waals surface area contributed by atoms with Gasteiger partial charge in [0.2, 0.25) is 0 Å². The summed E-state index contributed by atoms with van der Waals surface area (Å²) in [6, 6.07) is 0.495. The fourth-order valence-electron chi connectivity index (χ4n) is 2.14. The minimum absolute atomic E-state index is 0.449. The van der Waals surface area contributed by atoms with Gasteiger partial charge in [-0.25, -0.2) is 0 Å². The van der Waals surface area contributed by atoms with Crippen molar-refractivity contribution in [2.75, 3.05) is 6.54 Å². The minimum atomic E-state index is 0.449. The predicted molar refractivity (Wildman–Crippen MR) is 59.3 cm³/mol. The zero-order valence-electron chi connectivity index (χ0n) is 9.51. The molecule has 0 spiro atoms. The summed E-state index contributed by atoms with van der Waals surface area (Å²) in [5.41, 5.74) is 0. The quantitative estimate of drug-likeness (QED) is 0.709. The maximum Gasteiger partial charge on any atom is 0.134 e. The molecule has 14 heavy (non-hydrogen) atoms. The molecule has 1 aliphatic carbocycles. The summed E-state index contributed by atoms with van der Waals surface area (Å²) in [6.45, 7) is 5.08. The van der Waals surface area contributed by atoms with Gasteiger partial charge in [-0.2, -0.15) is 0 Å². The van der Waals surface area contributed by atoms with Crippen LogP contribution >= 0.6 is 0 Å². The van der Waals surface area contributed by atoms with Gasteiger partial charge in [0.25, 0.3) is 0 Å². The van der Waals surface area contributed by atoms with Crippen LogP contribution in [-0.4, -0.2) is 18.4 Å². The van der Waals surface area contributed by atoms with Crippen molar-refractivity contribution in [3.8, 4) is 0 Å². The fraction of sp³-hybridized carbons (Fsp3) is 0.917. The van der Waals surface area contributed by atoms with E-state index < -0.39 is 0 Å². The first-order valence-corrected chi connectivity index (χ1v) is 5.93. The maximum atomic E-state index is 11.5. The van der Waals surface area contributed by atoms with E-state index in [0.29, 0.717) is 24.2 Å². The van der Waals surface area contributed by atoms with E-state index in [4.69, 9.17) is 0 Å². The average Bonchev–Trinajstić information content (AvgIpc) is 2.56. The fourth-order valence-corrected chi connectivity index (χ4v) is 2.14. The molecule has 1 fully saturated rings. The summed E-state index contributed by atoms with van der Waals surface area (Å²) in [6.07, 6.45) is 6.78. The van der Waals surface area contributed by atoms with Gasteiger partial charge in [0.15, 0.2) is 0 Å². The van der Waals surface area contributed by atoms with Crippen molar-refractivity contribution < 1.29 is 4.79 Å². The second-order valence-corrected chi connectivity index (χ2v) is 4.75. The molecule has 0 saturated heterocycles. The van der Waals surface area contributed by atoms with Gasteiger partial charge in [-0.1, -0.05) is 39.5 Å². The Morgan fingerprint density at radius 2 is 2.00 bits per heavy atom. The molecule has 1 aliphatic rings. The van der Waals surface area contributed by atoms with Gasteiger partial charge in [0.05, 0.1) is 0 Å². The second-order valence-electron chi connectivity index (χ2n) is 4.75. The third-order valence-corrected chi connectivity index (χ3v) is 2.95. The predicted octanol–water partition coefficient (Wildman–Crippen LogP) is 2.52. The first-order valence-electron chi connectivity index (χ1n) is 5.93. The van der Waals surface area contributed by atoms with Crippen molar-refractivity contribution in [3.05, 3.63) is 0 Å². The van der Waals surface area contributed by atoms with Crippen molar-refractivity contribution in [3.63, 3.8) is 0 Å². The lowest BCUT2D eigenvalue weighted by molar-refractivity contribution is -0.119. The Labute approximate surface area is 87.5 Å². The lowest BCUT2D eigenvalue weighted by Gasteiger charge is -2.09.